The maximum Gasteiger partial charge on any atom is 0.416 e. The van der Waals surface area contributed by atoms with E-state index in [1.54, 1.807) is 0 Å². The number of alkyl halides is 3. The van der Waals surface area contributed by atoms with Crippen LogP contribution in [0.2, 0.25) is 0 Å². The Morgan fingerprint density at radius 1 is 1.35 bits per heavy atom. The van der Waals surface area contributed by atoms with Crippen molar-refractivity contribution in [3.8, 4) is 0 Å². The van der Waals surface area contributed by atoms with Gasteiger partial charge in [-0.1, -0.05) is 0 Å². The summed E-state index contributed by atoms with van der Waals surface area (Å²) in [6, 6.07) is 4.36. The van der Waals surface area contributed by atoms with Gasteiger partial charge in [0.2, 0.25) is 0 Å². The fourth-order valence-corrected chi connectivity index (χ4v) is 2.77. The number of nitrogens with one attached hydrogen (secondary N) is 1. The zero-order valence-corrected chi connectivity index (χ0v) is 13.1. The van der Waals surface area contributed by atoms with E-state index in [9.17, 15) is 13.2 Å². The van der Waals surface area contributed by atoms with E-state index in [4.69, 9.17) is 0 Å². The molecular formula is C14H18BrF3N2. The molecule has 1 unspecified atom stereocenters. The Balaban J connectivity index is 2.10. The summed E-state index contributed by atoms with van der Waals surface area (Å²) in [6.07, 6.45) is -3.36. The standard InChI is InChI=1S/C14H18BrF3N2/c1-9(2)20-6-5-11(8-20)19-13-7-10(14(16,17)18)3-4-12(13)15/h3-4,7,9,11,19H,5-6,8H2,1-2H3. The van der Waals surface area contributed by atoms with Gasteiger partial charge in [0.25, 0.3) is 0 Å². The first-order chi connectivity index (χ1) is 9.27. The lowest BCUT2D eigenvalue weighted by Crippen LogP contribution is -2.31. The van der Waals surface area contributed by atoms with Crippen LogP contribution in [0.4, 0.5) is 18.9 Å². The van der Waals surface area contributed by atoms with Crippen molar-refractivity contribution >= 4 is 21.6 Å². The molecule has 1 fully saturated rings. The van der Waals surface area contributed by atoms with Crippen LogP contribution < -0.4 is 5.32 Å². The second-order valence-corrected chi connectivity index (χ2v) is 6.27. The Hall–Kier alpha value is -0.750. The molecule has 0 saturated carbocycles. The van der Waals surface area contributed by atoms with Crippen LogP contribution in [0, 0.1) is 0 Å². The lowest BCUT2D eigenvalue weighted by Gasteiger charge is -2.21. The van der Waals surface area contributed by atoms with Crippen molar-refractivity contribution in [1.82, 2.24) is 4.90 Å². The Morgan fingerprint density at radius 3 is 2.60 bits per heavy atom. The number of anilines is 1. The molecule has 1 saturated heterocycles. The van der Waals surface area contributed by atoms with E-state index < -0.39 is 11.7 Å². The summed E-state index contributed by atoms with van der Waals surface area (Å²) >= 11 is 3.31. The van der Waals surface area contributed by atoms with Crippen LogP contribution in [-0.2, 0) is 6.18 Å². The van der Waals surface area contributed by atoms with E-state index in [0.717, 1.165) is 25.6 Å². The van der Waals surface area contributed by atoms with Crippen LogP contribution in [0.25, 0.3) is 0 Å². The van der Waals surface area contributed by atoms with Crippen molar-refractivity contribution in [2.45, 2.75) is 38.5 Å². The van der Waals surface area contributed by atoms with E-state index in [1.165, 1.54) is 12.1 Å². The Labute approximate surface area is 125 Å². The molecule has 20 heavy (non-hydrogen) atoms. The highest BCUT2D eigenvalue weighted by Gasteiger charge is 2.31. The van der Waals surface area contributed by atoms with E-state index in [2.05, 4.69) is 40.0 Å². The number of hydrogen-bond acceptors (Lipinski definition) is 2. The zero-order chi connectivity index (χ0) is 14.9. The Morgan fingerprint density at radius 2 is 2.05 bits per heavy atom. The third kappa shape index (κ3) is 3.67. The van der Waals surface area contributed by atoms with Crippen LogP contribution in [0.3, 0.4) is 0 Å². The quantitative estimate of drug-likeness (QED) is 0.870. The molecule has 0 bridgehead atoms. The summed E-state index contributed by atoms with van der Waals surface area (Å²) in [5, 5.41) is 3.22. The molecule has 1 N–H and O–H groups in total. The number of likely N-dealkylation sites (tertiary alicyclic amines) is 1. The number of benzene rings is 1. The molecule has 0 aromatic heterocycles. The maximum atomic E-state index is 12.7. The Kier molecular flexibility index (Phi) is 4.64. The van der Waals surface area contributed by atoms with Gasteiger partial charge in [-0.15, -0.1) is 0 Å². The molecule has 1 aliphatic rings. The van der Waals surface area contributed by atoms with Crippen LogP contribution in [-0.4, -0.2) is 30.1 Å². The maximum absolute atomic E-state index is 12.7. The minimum absolute atomic E-state index is 0.192. The van der Waals surface area contributed by atoms with Crippen LogP contribution in [0.5, 0.6) is 0 Å². The molecule has 1 heterocycles. The second-order valence-electron chi connectivity index (χ2n) is 5.41. The van der Waals surface area contributed by atoms with E-state index in [1.807, 2.05) is 0 Å². The molecule has 6 heteroatoms. The number of rotatable bonds is 3. The molecule has 1 aromatic carbocycles. The largest absolute Gasteiger partial charge is 0.416 e. The molecule has 0 amide bonds. The minimum atomic E-state index is -4.31. The van der Waals surface area contributed by atoms with E-state index >= 15 is 0 Å². The third-order valence-corrected chi connectivity index (χ3v) is 4.29. The van der Waals surface area contributed by atoms with Crippen molar-refractivity contribution in [1.29, 1.82) is 0 Å². The van der Waals surface area contributed by atoms with E-state index in [0.29, 0.717) is 16.2 Å². The van der Waals surface area contributed by atoms with Gasteiger partial charge in [-0.3, -0.25) is 4.90 Å². The highest BCUT2D eigenvalue weighted by molar-refractivity contribution is 9.10. The molecule has 0 spiro atoms. The first kappa shape index (κ1) is 15.6. The fraction of sp³-hybridized carbons (Fsp3) is 0.571. The van der Waals surface area contributed by atoms with Gasteiger partial charge in [0.15, 0.2) is 0 Å². The van der Waals surface area contributed by atoms with Crippen molar-refractivity contribution < 1.29 is 13.2 Å². The van der Waals surface area contributed by atoms with Crippen molar-refractivity contribution in [3.63, 3.8) is 0 Å². The molecular weight excluding hydrogens is 333 g/mol. The molecule has 112 valence electrons. The van der Waals surface area contributed by atoms with Crippen LogP contribution in [0.1, 0.15) is 25.8 Å². The fourth-order valence-electron chi connectivity index (χ4n) is 2.41. The van der Waals surface area contributed by atoms with Crippen LogP contribution in [0.15, 0.2) is 22.7 Å². The number of hydrogen-bond donors (Lipinski definition) is 1. The summed E-state index contributed by atoms with van der Waals surface area (Å²) in [6.45, 7) is 6.09. The molecule has 1 aromatic rings. The normalized spacial score (nSPS) is 20.6. The summed E-state index contributed by atoms with van der Waals surface area (Å²) in [5.74, 6) is 0. The van der Waals surface area contributed by atoms with Gasteiger partial charge >= 0.3 is 6.18 Å². The van der Waals surface area contributed by atoms with Gasteiger partial charge in [0.05, 0.1) is 5.56 Å². The highest BCUT2D eigenvalue weighted by Crippen LogP contribution is 2.34. The lowest BCUT2D eigenvalue weighted by molar-refractivity contribution is -0.137. The van der Waals surface area contributed by atoms with Crippen molar-refractivity contribution in [3.05, 3.63) is 28.2 Å². The Bertz CT molecular complexity index is 474. The average molecular weight is 351 g/mol. The molecule has 2 rings (SSSR count). The molecule has 2 nitrogen and oxygen atoms in total. The van der Waals surface area contributed by atoms with Gasteiger partial charge < -0.3 is 5.32 Å². The monoisotopic (exact) mass is 350 g/mol. The first-order valence-corrected chi connectivity index (χ1v) is 7.44. The first-order valence-electron chi connectivity index (χ1n) is 6.64. The topological polar surface area (TPSA) is 15.3 Å². The van der Waals surface area contributed by atoms with Crippen LogP contribution >= 0.6 is 15.9 Å². The van der Waals surface area contributed by atoms with Crippen molar-refractivity contribution in [2.75, 3.05) is 18.4 Å². The predicted molar refractivity (Wildman–Crippen MR) is 77.9 cm³/mol. The summed E-state index contributed by atoms with van der Waals surface area (Å²) in [4.78, 5) is 2.32. The van der Waals surface area contributed by atoms with Gasteiger partial charge in [-0.25, -0.2) is 0 Å². The summed E-state index contributed by atoms with van der Waals surface area (Å²) < 4.78 is 38.8. The molecule has 1 aliphatic heterocycles. The van der Waals surface area contributed by atoms with Gasteiger partial charge in [0.1, 0.15) is 0 Å². The van der Waals surface area contributed by atoms with Gasteiger partial charge in [-0.2, -0.15) is 13.2 Å². The smallest absolute Gasteiger partial charge is 0.380 e. The summed E-state index contributed by atoms with van der Waals surface area (Å²) in [5.41, 5.74) is -0.114. The summed E-state index contributed by atoms with van der Waals surface area (Å²) in [7, 11) is 0. The SMILES string of the molecule is CC(C)N1CCC(Nc2cc(C(F)(F)F)ccc2Br)C1. The van der Waals surface area contributed by atoms with Gasteiger partial charge in [0, 0.05) is 35.3 Å². The molecule has 0 radical (unpaired) electrons. The lowest BCUT2D eigenvalue weighted by atomic mass is 10.1. The van der Waals surface area contributed by atoms with Gasteiger partial charge in [-0.05, 0) is 54.4 Å². The predicted octanol–water partition coefficient (Wildman–Crippen LogP) is 4.36. The minimum Gasteiger partial charge on any atom is -0.380 e. The highest BCUT2D eigenvalue weighted by atomic mass is 79.9. The van der Waals surface area contributed by atoms with Crippen molar-refractivity contribution in [2.24, 2.45) is 0 Å². The number of halogens is 4. The number of nitrogens with zero attached hydrogens (tertiary/aromatic N) is 1. The van der Waals surface area contributed by atoms with E-state index in [-0.39, 0.29) is 6.04 Å². The average Bonchev–Trinajstić information content (AvgIpc) is 2.79. The zero-order valence-electron chi connectivity index (χ0n) is 11.5. The second kappa shape index (κ2) is 5.93. The molecule has 1 atom stereocenters. The third-order valence-electron chi connectivity index (χ3n) is 3.60. The molecule has 0 aliphatic carbocycles.